The van der Waals surface area contributed by atoms with Crippen molar-refractivity contribution in [3.05, 3.63) is 0 Å². The van der Waals surface area contributed by atoms with Crippen LogP contribution in [0, 0.1) is 5.92 Å². The van der Waals surface area contributed by atoms with Gasteiger partial charge in [0.15, 0.2) is 0 Å². The molecule has 16 heavy (non-hydrogen) atoms. The predicted molar refractivity (Wildman–Crippen MR) is 68.9 cm³/mol. The molecule has 0 aliphatic heterocycles. The van der Waals surface area contributed by atoms with E-state index in [4.69, 9.17) is 9.47 Å². The van der Waals surface area contributed by atoms with Crippen LogP contribution in [0.1, 0.15) is 40.0 Å². The maximum absolute atomic E-state index is 5.47. The van der Waals surface area contributed by atoms with Crippen LogP contribution >= 0.6 is 0 Å². The number of nitrogens with one attached hydrogen (secondary N) is 1. The number of hydrogen-bond donors (Lipinski definition) is 1. The molecule has 0 saturated carbocycles. The molecule has 0 unspecified atom stereocenters. The summed E-state index contributed by atoms with van der Waals surface area (Å²) in [6.45, 7) is 11.9. The molecule has 0 spiro atoms. The number of unbranched alkanes of at least 4 members (excludes halogenated alkanes) is 1. The van der Waals surface area contributed by atoms with Crippen molar-refractivity contribution in [2.75, 3.05) is 39.5 Å². The molecule has 3 nitrogen and oxygen atoms in total. The van der Waals surface area contributed by atoms with E-state index in [1.54, 1.807) is 0 Å². The smallest absolute Gasteiger partial charge is 0.0700 e. The molecule has 98 valence electrons. The van der Waals surface area contributed by atoms with Gasteiger partial charge in [0, 0.05) is 13.2 Å². The molecule has 0 aromatic heterocycles. The van der Waals surface area contributed by atoms with Crippen molar-refractivity contribution in [1.29, 1.82) is 0 Å². The third-order valence-electron chi connectivity index (χ3n) is 2.14. The fourth-order valence-electron chi connectivity index (χ4n) is 1.29. The standard InChI is InChI=1S/C13H29NO2/c1-4-7-14-8-5-6-9-15-10-11-16-12-13(2)3/h13-14H,4-12H2,1-3H3. The van der Waals surface area contributed by atoms with Crippen LogP contribution in [0.4, 0.5) is 0 Å². The van der Waals surface area contributed by atoms with Gasteiger partial charge in [-0.1, -0.05) is 20.8 Å². The molecule has 0 radical (unpaired) electrons. The summed E-state index contributed by atoms with van der Waals surface area (Å²) in [4.78, 5) is 0. The molecule has 3 heteroatoms. The van der Waals surface area contributed by atoms with Crippen LogP contribution in [0.25, 0.3) is 0 Å². The highest BCUT2D eigenvalue weighted by molar-refractivity contribution is 4.46. The molecule has 0 atom stereocenters. The van der Waals surface area contributed by atoms with Gasteiger partial charge in [-0.15, -0.1) is 0 Å². The number of ether oxygens (including phenoxy) is 2. The molecular formula is C13H29NO2. The lowest BCUT2D eigenvalue weighted by atomic mass is 10.2. The molecular weight excluding hydrogens is 202 g/mol. The van der Waals surface area contributed by atoms with E-state index in [-0.39, 0.29) is 0 Å². The molecule has 0 aliphatic carbocycles. The maximum atomic E-state index is 5.47. The fourth-order valence-corrected chi connectivity index (χ4v) is 1.29. The summed E-state index contributed by atoms with van der Waals surface area (Å²) in [5, 5.41) is 3.38. The first-order valence-electron chi connectivity index (χ1n) is 6.63. The van der Waals surface area contributed by atoms with Crippen molar-refractivity contribution < 1.29 is 9.47 Å². The zero-order valence-electron chi connectivity index (χ0n) is 11.3. The molecule has 0 aromatic rings. The quantitative estimate of drug-likeness (QED) is 0.523. The Labute approximate surface area is 101 Å². The summed E-state index contributed by atoms with van der Waals surface area (Å²) < 4.78 is 10.9. The van der Waals surface area contributed by atoms with Crippen molar-refractivity contribution in [2.24, 2.45) is 5.92 Å². The summed E-state index contributed by atoms with van der Waals surface area (Å²) in [5.74, 6) is 0.615. The van der Waals surface area contributed by atoms with E-state index < -0.39 is 0 Å². The molecule has 0 fully saturated rings. The van der Waals surface area contributed by atoms with E-state index in [1.807, 2.05) is 0 Å². The first-order chi connectivity index (χ1) is 7.77. The molecule has 0 heterocycles. The Balaban J connectivity index is 2.88. The zero-order valence-corrected chi connectivity index (χ0v) is 11.3. The number of rotatable bonds is 12. The van der Waals surface area contributed by atoms with Crippen LogP contribution in [-0.4, -0.2) is 39.5 Å². The lowest BCUT2D eigenvalue weighted by Crippen LogP contribution is -2.16. The molecule has 0 bridgehead atoms. The Morgan fingerprint density at radius 3 is 2.38 bits per heavy atom. The first kappa shape index (κ1) is 15.9. The van der Waals surface area contributed by atoms with Crippen LogP contribution in [0.2, 0.25) is 0 Å². The molecule has 0 aliphatic rings. The highest BCUT2D eigenvalue weighted by Gasteiger charge is 1.94. The summed E-state index contributed by atoms with van der Waals surface area (Å²) >= 11 is 0. The van der Waals surface area contributed by atoms with Gasteiger partial charge in [-0.2, -0.15) is 0 Å². The van der Waals surface area contributed by atoms with E-state index >= 15 is 0 Å². The van der Waals surface area contributed by atoms with Crippen LogP contribution < -0.4 is 5.32 Å². The summed E-state index contributed by atoms with van der Waals surface area (Å²) in [7, 11) is 0. The maximum Gasteiger partial charge on any atom is 0.0700 e. The predicted octanol–water partition coefficient (Wildman–Crippen LogP) is 2.46. The second-order valence-corrected chi connectivity index (χ2v) is 4.54. The lowest BCUT2D eigenvalue weighted by Gasteiger charge is -2.07. The highest BCUT2D eigenvalue weighted by atomic mass is 16.5. The fraction of sp³-hybridized carbons (Fsp3) is 1.00. The van der Waals surface area contributed by atoms with Crippen LogP contribution in [-0.2, 0) is 9.47 Å². The zero-order chi connectivity index (χ0) is 12.1. The molecule has 0 amide bonds. The van der Waals surface area contributed by atoms with Gasteiger partial charge in [0.05, 0.1) is 13.2 Å². The summed E-state index contributed by atoms with van der Waals surface area (Å²) in [6.07, 6.45) is 3.55. The topological polar surface area (TPSA) is 30.5 Å². The van der Waals surface area contributed by atoms with Gasteiger partial charge >= 0.3 is 0 Å². The summed E-state index contributed by atoms with van der Waals surface area (Å²) in [5.41, 5.74) is 0. The Morgan fingerprint density at radius 1 is 0.938 bits per heavy atom. The molecule has 0 rings (SSSR count). The Kier molecular flexibility index (Phi) is 12.9. The minimum Gasteiger partial charge on any atom is -0.379 e. The Hall–Kier alpha value is -0.120. The van der Waals surface area contributed by atoms with E-state index in [9.17, 15) is 0 Å². The average molecular weight is 231 g/mol. The van der Waals surface area contributed by atoms with Gasteiger partial charge in [0.1, 0.15) is 0 Å². The minimum atomic E-state index is 0.615. The van der Waals surface area contributed by atoms with Crippen LogP contribution in [0.15, 0.2) is 0 Å². The van der Waals surface area contributed by atoms with Gasteiger partial charge in [0.2, 0.25) is 0 Å². The third kappa shape index (κ3) is 13.9. The third-order valence-corrected chi connectivity index (χ3v) is 2.14. The van der Waals surface area contributed by atoms with E-state index in [1.165, 1.54) is 12.8 Å². The van der Waals surface area contributed by atoms with Gasteiger partial charge in [-0.3, -0.25) is 0 Å². The average Bonchev–Trinajstić information content (AvgIpc) is 2.25. The highest BCUT2D eigenvalue weighted by Crippen LogP contribution is 1.93. The van der Waals surface area contributed by atoms with Crippen molar-refractivity contribution >= 4 is 0 Å². The van der Waals surface area contributed by atoms with Crippen LogP contribution in [0.5, 0.6) is 0 Å². The lowest BCUT2D eigenvalue weighted by molar-refractivity contribution is 0.0367. The Morgan fingerprint density at radius 2 is 1.69 bits per heavy atom. The van der Waals surface area contributed by atoms with E-state index in [2.05, 4.69) is 26.1 Å². The monoisotopic (exact) mass is 231 g/mol. The van der Waals surface area contributed by atoms with E-state index in [0.29, 0.717) is 5.92 Å². The van der Waals surface area contributed by atoms with Gasteiger partial charge in [-0.05, 0) is 38.3 Å². The Bertz CT molecular complexity index is 129. The van der Waals surface area contributed by atoms with Gasteiger partial charge in [0.25, 0.3) is 0 Å². The normalized spacial score (nSPS) is 11.2. The van der Waals surface area contributed by atoms with Crippen molar-refractivity contribution in [1.82, 2.24) is 5.32 Å². The van der Waals surface area contributed by atoms with Crippen molar-refractivity contribution in [3.63, 3.8) is 0 Å². The van der Waals surface area contributed by atoms with Gasteiger partial charge < -0.3 is 14.8 Å². The van der Waals surface area contributed by atoms with Crippen molar-refractivity contribution in [2.45, 2.75) is 40.0 Å². The first-order valence-corrected chi connectivity index (χ1v) is 6.63. The largest absolute Gasteiger partial charge is 0.379 e. The van der Waals surface area contributed by atoms with Crippen molar-refractivity contribution in [3.8, 4) is 0 Å². The van der Waals surface area contributed by atoms with Crippen LogP contribution in [0.3, 0.4) is 0 Å². The molecule has 0 saturated heterocycles. The number of hydrogen-bond acceptors (Lipinski definition) is 3. The molecule has 0 aromatic carbocycles. The van der Waals surface area contributed by atoms with E-state index in [0.717, 1.165) is 45.9 Å². The minimum absolute atomic E-state index is 0.615. The SMILES string of the molecule is CCCNCCCCOCCOCC(C)C. The second kappa shape index (κ2) is 12.9. The molecule has 1 N–H and O–H groups in total. The summed E-state index contributed by atoms with van der Waals surface area (Å²) in [6, 6.07) is 0. The van der Waals surface area contributed by atoms with Gasteiger partial charge in [-0.25, -0.2) is 0 Å². The second-order valence-electron chi connectivity index (χ2n) is 4.54.